The molecule has 0 spiro atoms. The first kappa shape index (κ1) is 16.3. The van der Waals surface area contributed by atoms with Gasteiger partial charge in [0.15, 0.2) is 0 Å². The van der Waals surface area contributed by atoms with Crippen LogP contribution < -0.4 is 0 Å². The number of aliphatic imine (C=N–C) groups is 1. The molecule has 0 heterocycles. The number of hydrogen-bond acceptors (Lipinski definition) is 2. The van der Waals surface area contributed by atoms with Gasteiger partial charge in [-0.15, -0.1) is 0 Å². The molecule has 0 bridgehead atoms. The Morgan fingerprint density at radius 3 is 1.92 bits per heavy atom. The maximum atomic E-state index is 10.0. The van der Waals surface area contributed by atoms with Gasteiger partial charge < -0.3 is 5.11 Å². The Morgan fingerprint density at radius 1 is 1.31 bits per heavy atom. The van der Waals surface area contributed by atoms with Crippen LogP contribution in [0.1, 0.15) is 47.5 Å². The van der Waals surface area contributed by atoms with E-state index in [1.54, 1.807) is 0 Å². The topological polar surface area (TPSA) is 32.6 Å². The summed E-state index contributed by atoms with van der Waals surface area (Å²) < 4.78 is 0. The van der Waals surface area contributed by atoms with Crippen molar-refractivity contribution in [2.24, 2.45) is 4.99 Å². The average Bonchev–Trinajstić information content (AvgIpc) is 2.02. The van der Waals surface area contributed by atoms with E-state index in [1.807, 2.05) is 34.6 Å². The summed E-state index contributed by atoms with van der Waals surface area (Å²) in [4.78, 5) is 4.36. The van der Waals surface area contributed by atoms with Crippen molar-refractivity contribution in [1.82, 2.24) is 0 Å². The Hall–Kier alpha value is 0.890. The second-order valence-corrected chi connectivity index (χ2v) is 3.55. The Balaban J connectivity index is 0. The van der Waals surface area contributed by atoms with Gasteiger partial charge in [-0.2, -0.15) is 0 Å². The minimum absolute atomic E-state index is 0. The van der Waals surface area contributed by atoms with Crippen LogP contribution >= 0.6 is 0 Å². The normalized spacial score (nSPS) is 13.0. The zero-order valence-electron chi connectivity index (χ0n) is 9.19. The van der Waals surface area contributed by atoms with Gasteiger partial charge >= 0.3 is 0 Å². The molecule has 0 fully saturated rings. The molecule has 1 N–H and O–H groups in total. The van der Waals surface area contributed by atoms with Gasteiger partial charge in [0, 0.05) is 49.5 Å². The van der Waals surface area contributed by atoms with Crippen molar-refractivity contribution in [2.75, 3.05) is 0 Å². The van der Waals surface area contributed by atoms with Crippen molar-refractivity contribution in [2.45, 2.75) is 59.1 Å². The van der Waals surface area contributed by atoms with Crippen LogP contribution in [0.4, 0.5) is 0 Å². The van der Waals surface area contributed by atoms with Gasteiger partial charge in [-0.25, -0.2) is 0 Å². The van der Waals surface area contributed by atoms with Crippen molar-refractivity contribution in [3.63, 3.8) is 0 Å². The molecule has 2 nitrogen and oxygen atoms in total. The molecule has 0 saturated heterocycles. The van der Waals surface area contributed by atoms with Gasteiger partial charge in [-0.3, -0.25) is 4.99 Å². The minimum atomic E-state index is -0.676. The van der Waals surface area contributed by atoms with Crippen LogP contribution in [-0.4, -0.2) is 22.5 Å². The van der Waals surface area contributed by atoms with Crippen molar-refractivity contribution >= 4 is 5.71 Å². The standard InChI is InChI=1S/C10H21NO.Ho/c1-6-10(12,7-2)9(5)11-8(3)4;/h8,12H,6-7H2,1-5H3;. The predicted octanol–water partition coefficient (Wildman–Crippen LogP) is 2.41. The average molecular weight is 336 g/mol. The summed E-state index contributed by atoms with van der Waals surface area (Å²) in [5.41, 5.74) is 0.187. The van der Waals surface area contributed by atoms with Gasteiger partial charge in [-0.1, -0.05) is 13.8 Å². The second-order valence-electron chi connectivity index (χ2n) is 3.55. The molecule has 0 aliphatic carbocycles. The van der Waals surface area contributed by atoms with E-state index in [2.05, 4.69) is 4.99 Å². The number of aliphatic hydroxyl groups is 1. The third-order valence-electron chi connectivity index (χ3n) is 2.30. The fourth-order valence-electron chi connectivity index (χ4n) is 1.27. The van der Waals surface area contributed by atoms with Crippen molar-refractivity contribution in [3.8, 4) is 0 Å². The smallest absolute Gasteiger partial charge is 0.101 e. The zero-order valence-corrected chi connectivity index (χ0v) is 11.1. The van der Waals surface area contributed by atoms with Gasteiger partial charge in [0.05, 0.1) is 0 Å². The van der Waals surface area contributed by atoms with E-state index in [9.17, 15) is 5.11 Å². The van der Waals surface area contributed by atoms with E-state index < -0.39 is 5.60 Å². The Kier molecular flexibility index (Phi) is 9.06. The molecule has 0 aliphatic heterocycles. The molecule has 1 radical (unpaired) electrons. The molecular weight excluding hydrogens is 315 g/mol. The molecule has 0 atom stereocenters. The second kappa shape index (κ2) is 7.22. The molecule has 0 unspecified atom stereocenters. The van der Waals surface area contributed by atoms with Crippen LogP contribution in [0.3, 0.4) is 0 Å². The molecule has 0 saturated carbocycles. The van der Waals surface area contributed by atoms with E-state index >= 15 is 0 Å². The summed E-state index contributed by atoms with van der Waals surface area (Å²) >= 11 is 0. The SMILES string of the molecule is CCC(O)(CC)C(C)=NC(C)C.[Ho]. The first-order valence-corrected chi connectivity index (χ1v) is 4.73. The van der Waals surface area contributed by atoms with E-state index in [1.165, 1.54) is 0 Å². The van der Waals surface area contributed by atoms with E-state index in [0.717, 1.165) is 18.6 Å². The van der Waals surface area contributed by atoms with Crippen molar-refractivity contribution < 1.29 is 42.8 Å². The van der Waals surface area contributed by atoms with Gasteiger partial charge in [0.2, 0.25) is 0 Å². The third kappa shape index (κ3) is 5.36. The van der Waals surface area contributed by atoms with Gasteiger partial charge in [-0.05, 0) is 33.6 Å². The Labute approximate surface area is 112 Å². The summed E-state index contributed by atoms with van der Waals surface area (Å²) in [6, 6.07) is 0.273. The maximum absolute atomic E-state index is 10.0. The quantitative estimate of drug-likeness (QED) is 0.621. The van der Waals surface area contributed by atoms with E-state index in [0.29, 0.717) is 0 Å². The van der Waals surface area contributed by atoms with Crippen LogP contribution in [-0.2, 0) is 0 Å². The summed E-state index contributed by atoms with van der Waals surface area (Å²) in [7, 11) is 0. The molecule has 0 aromatic rings. The molecular formula is C10H21HoNO. The fourth-order valence-corrected chi connectivity index (χ4v) is 1.27. The predicted molar refractivity (Wildman–Crippen MR) is 53.8 cm³/mol. The molecule has 0 aromatic heterocycles. The molecule has 0 amide bonds. The summed E-state index contributed by atoms with van der Waals surface area (Å²) in [6.45, 7) is 9.93. The van der Waals surface area contributed by atoms with Crippen LogP contribution in [0.5, 0.6) is 0 Å². The first-order chi connectivity index (χ1) is 5.46. The summed E-state index contributed by atoms with van der Waals surface area (Å²) in [5, 5.41) is 10.0. The van der Waals surface area contributed by atoms with Crippen molar-refractivity contribution in [3.05, 3.63) is 0 Å². The molecule has 0 aromatic carbocycles. The molecule has 13 heavy (non-hydrogen) atoms. The number of hydrogen-bond donors (Lipinski definition) is 1. The molecule has 0 aliphatic rings. The Morgan fingerprint density at radius 2 is 1.69 bits per heavy atom. The molecule has 3 heteroatoms. The van der Waals surface area contributed by atoms with Crippen LogP contribution in [0.2, 0.25) is 0 Å². The van der Waals surface area contributed by atoms with Gasteiger partial charge in [0.1, 0.15) is 5.60 Å². The molecule has 83 valence electrons. The van der Waals surface area contributed by atoms with Crippen LogP contribution in [0.25, 0.3) is 0 Å². The number of nitrogens with zero attached hydrogens (tertiary/aromatic N) is 1. The van der Waals surface area contributed by atoms with E-state index in [-0.39, 0.29) is 43.8 Å². The summed E-state index contributed by atoms with van der Waals surface area (Å²) in [5.74, 6) is 0. The minimum Gasteiger partial charge on any atom is -0.384 e. The van der Waals surface area contributed by atoms with Crippen LogP contribution in [0, 0.1) is 37.7 Å². The maximum Gasteiger partial charge on any atom is 0.101 e. The zero-order chi connectivity index (χ0) is 9.78. The number of rotatable bonds is 4. The monoisotopic (exact) mass is 336 g/mol. The van der Waals surface area contributed by atoms with E-state index in [4.69, 9.17) is 0 Å². The Bertz CT molecular complexity index is 162. The summed E-state index contributed by atoms with van der Waals surface area (Å²) in [6.07, 6.45) is 1.48. The van der Waals surface area contributed by atoms with Crippen LogP contribution in [0.15, 0.2) is 4.99 Å². The third-order valence-corrected chi connectivity index (χ3v) is 2.30. The largest absolute Gasteiger partial charge is 0.384 e. The fraction of sp³-hybridized carbons (Fsp3) is 0.900. The van der Waals surface area contributed by atoms with Crippen molar-refractivity contribution in [1.29, 1.82) is 0 Å². The van der Waals surface area contributed by atoms with Gasteiger partial charge in [0.25, 0.3) is 0 Å². The first-order valence-electron chi connectivity index (χ1n) is 4.73. The molecule has 0 rings (SSSR count).